The van der Waals surface area contributed by atoms with Crippen molar-refractivity contribution in [1.82, 2.24) is 4.90 Å². The first-order chi connectivity index (χ1) is 10.3. The molecule has 4 heteroatoms. The first-order valence-electron chi connectivity index (χ1n) is 7.96. The van der Waals surface area contributed by atoms with Crippen LogP contribution in [0.4, 0.5) is 0 Å². The minimum atomic E-state index is -0.0843. The summed E-state index contributed by atoms with van der Waals surface area (Å²) in [6, 6.07) is 7.94. The zero-order valence-electron chi connectivity index (χ0n) is 14.6. The number of ether oxygens (including phenoxy) is 1. The highest BCUT2D eigenvalue weighted by molar-refractivity contribution is 5.77. The van der Waals surface area contributed by atoms with Gasteiger partial charge in [0.25, 0.3) is 5.91 Å². The highest BCUT2D eigenvalue weighted by Crippen LogP contribution is 2.28. The molecule has 1 aromatic rings. The number of hydrogen-bond acceptors (Lipinski definition) is 3. The maximum absolute atomic E-state index is 12.2. The summed E-state index contributed by atoms with van der Waals surface area (Å²) < 4.78 is 5.77. The highest BCUT2D eigenvalue weighted by Gasteiger charge is 2.21. The van der Waals surface area contributed by atoms with Crippen molar-refractivity contribution in [3.63, 3.8) is 0 Å². The van der Waals surface area contributed by atoms with Crippen molar-refractivity contribution >= 4 is 5.91 Å². The van der Waals surface area contributed by atoms with Gasteiger partial charge in [-0.15, -0.1) is 0 Å². The van der Waals surface area contributed by atoms with Crippen LogP contribution in [-0.4, -0.2) is 37.6 Å². The number of nitrogens with two attached hydrogens (primary N) is 1. The fourth-order valence-corrected chi connectivity index (χ4v) is 2.28. The van der Waals surface area contributed by atoms with Crippen LogP contribution in [0.25, 0.3) is 0 Å². The molecule has 0 aliphatic heterocycles. The van der Waals surface area contributed by atoms with Gasteiger partial charge in [0.05, 0.1) is 0 Å². The molecule has 1 amide bonds. The van der Waals surface area contributed by atoms with Gasteiger partial charge in [0.1, 0.15) is 5.75 Å². The van der Waals surface area contributed by atoms with Crippen LogP contribution in [-0.2, 0) is 4.79 Å². The minimum Gasteiger partial charge on any atom is -0.483 e. The molecule has 2 N–H and O–H groups in total. The van der Waals surface area contributed by atoms with Gasteiger partial charge >= 0.3 is 0 Å². The third-order valence-electron chi connectivity index (χ3n) is 4.06. The van der Waals surface area contributed by atoms with E-state index in [9.17, 15) is 4.79 Å². The summed E-state index contributed by atoms with van der Waals surface area (Å²) in [5, 5.41) is 0. The van der Waals surface area contributed by atoms with Gasteiger partial charge in [0.2, 0.25) is 0 Å². The Labute approximate surface area is 134 Å². The maximum Gasteiger partial charge on any atom is 0.260 e. The van der Waals surface area contributed by atoms with E-state index in [0.29, 0.717) is 19.0 Å². The molecule has 0 aliphatic rings. The lowest BCUT2D eigenvalue weighted by Gasteiger charge is -2.29. The number of rotatable bonds is 8. The van der Waals surface area contributed by atoms with E-state index >= 15 is 0 Å². The molecule has 22 heavy (non-hydrogen) atoms. The van der Waals surface area contributed by atoms with Crippen LogP contribution in [0.2, 0.25) is 0 Å². The number of carbonyl (C=O) groups is 1. The molecule has 1 atom stereocenters. The Morgan fingerprint density at radius 2 is 2.00 bits per heavy atom. The largest absolute Gasteiger partial charge is 0.483 e. The third kappa shape index (κ3) is 5.34. The average Bonchev–Trinajstić information content (AvgIpc) is 2.51. The summed E-state index contributed by atoms with van der Waals surface area (Å²) in [7, 11) is 1.80. The molecular formula is C18H30N2O2. The zero-order chi connectivity index (χ0) is 16.8. The zero-order valence-corrected chi connectivity index (χ0v) is 14.6. The molecule has 0 aliphatic carbocycles. The minimum absolute atomic E-state index is 0.0273. The van der Waals surface area contributed by atoms with E-state index in [0.717, 1.165) is 17.7 Å². The van der Waals surface area contributed by atoms with E-state index < -0.39 is 0 Å². The van der Waals surface area contributed by atoms with Crippen LogP contribution in [0.1, 0.15) is 45.6 Å². The van der Waals surface area contributed by atoms with Crippen LogP contribution < -0.4 is 10.5 Å². The lowest BCUT2D eigenvalue weighted by atomic mass is 9.93. The molecule has 0 aromatic heterocycles. The summed E-state index contributed by atoms with van der Waals surface area (Å²) in [4.78, 5) is 13.9. The molecule has 0 heterocycles. The second-order valence-corrected chi connectivity index (χ2v) is 6.75. The Balaban J connectivity index is 2.65. The van der Waals surface area contributed by atoms with Crippen LogP contribution in [0.5, 0.6) is 5.75 Å². The molecule has 0 saturated carbocycles. The van der Waals surface area contributed by atoms with Crippen LogP contribution in [0.15, 0.2) is 24.3 Å². The molecular weight excluding hydrogens is 276 g/mol. The van der Waals surface area contributed by atoms with Gasteiger partial charge in [-0.3, -0.25) is 4.79 Å². The molecule has 0 spiro atoms. The fourth-order valence-electron chi connectivity index (χ4n) is 2.28. The van der Waals surface area contributed by atoms with E-state index in [2.05, 4.69) is 33.8 Å². The SMILES string of the molecule is CCC(C)c1ccccc1OCC(=O)N(C)CC(C)(C)CN. The van der Waals surface area contributed by atoms with Gasteiger partial charge in [-0.2, -0.15) is 0 Å². The van der Waals surface area contributed by atoms with Crippen LogP contribution in [0, 0.1) is 5.41 Å². The van der Waals surface area contributed by atoms with Crippen LogP contribution >= 0.6 is 0 Å². The van der Waals surface area contributed by atoms with Crippen molar-refractivity contribution < 1.29 is 9.53 Å². The summed E-state index contributed by atoms with van der Waals surface area (Å²) in [5.41, 5.74) is 6.79. The van der Waals surface area contributed by atoms with E-state index in [-0.39, 0.29) is 17.9 Å². The van der Waals surface area contributed by atoms with Crippen LogP contribution in [0.3, 0.4) is 0 Å². The van der Waals surface area contributed by atoms with E-state index in [1.54, 1.807) is 11.9 Å². The molecule has 0 saturated heterocycles. The third-order valence-corrected chi connectivity index (χ3v) is 4.06. The molecule has 0 bridgehead atoms. The first kappa shape index (κ1) is 18.5. The van der Waals surface area contributed by atoms with Crippen molar-refractivity contribution in [1.29, 1.82) is 0 Å². The molecule has 124 valence electrons. The Morgan fingerprint density at radius 3 is 2.59 bits per heavy atom. The standard InChI is InChI=1S/C18H30N2O2/c1-6-14(2)15-9-7-8-10-16(15)22-11-17(21)20(5)13-18(3,4)12-19/h7-10,14H,6,11-13,19H2,1-5H3. The van der Waals surface area contributed by atoms with E-state index in [1.165, 1.54) is 0 Å². The quantitative estimate of drug-likeness (QED) is 0.803. The normalized spacial score (nSPS) is 12.8. The second kappa shape index (κ2) is 8.18. The Kier molecular flexibility index (Phi) is 6.88. The number of carbonyl (C=O) groups excluding carboxylic acids is 1. The highest BCUT2D eigenvalue weighted by atomic mass is 16.5. The van der Waals surface area contributed by atoms with Gasteiger partial charge in [0.15, 0.2) is 6.61 Å². The van der Waals surface area contributed by atoms with Gasteiger partial charge in [-0.05, 0) is 35.9 Å². The van der Waals surface area contributed by atoms with Gasteiger partial charge in [-0.25, -0.2) is 0 Å². The molecule has 1 aromatic carbocycles. The van der Waals surface area contributed by atoms with Crippen molar-refractivity contribution in [2.24, 2.45) is 11.1 Å². The summed E-state index contributed by atoms with van der Waals surface area (Å²) in [6.45, 7) is 9.65. The van der Waals surface area contributed by atoms with Gasteiger partial charge < -0.3 is 15.4 Å². The number of nitrogens with zero attached hydrogens (tertiary/aromatic N) is 1. The molecule has 0 fully saturated rings. The van der Waals surface area contributed by atoms with E-state index in [4.69, 9.17) is 10.5 Å². The summed E-state index contributed by atoms with van der Waals surface area (Å²) in [5.74, 6) is 1.19. The lowest BCUT2D eigenvalue weighted by Crippen LogP contribution is -2.41. The number of amides is 1. The first-order valence-corrected chi connectivity index (χ1v) is 7.96. The summed E-state index contributed by atoms with van der Waals surface area (Å²) >= 11 is 0. The van der Waals surface area contributed by atoms with Gasteiger partial charge in [0, 0.05) is 13.6 Å². The smallest absolute Gasteiger partial charge is 0.260 e. The van der Waals surface area contributed by atoms with Crippen molar-refractivity contribution in [2.75, 3.05) is 26.7 Å². The number of benzene rings is 1. The van der Waals surface area contributed by atoms with Crippen molar-refractivity contribution in [2.45, 2.75) is 40.0 Å². The molecule has 1 unspecified atom stereocenters. The van der Waals surface area contributed by atoms with Crippen molar-refractivity contribution in [3.8, 4) is 5.75 Å². The predicted molar refractivity (Wildman–Crippen MR) is 91.1 cm³/mol. The number of para-hydroxylation sites is 1. The Bertz CT molecular complexity index is 486. The number of likely N-dealkylation sites (N-methyl/N-ethyl adjacent to an activating group) is 1. The maximum atomic E-state index is 12.2. The second-order valence-electron chi connectivity index (χ2n) is 6.75. The Hall–Kier alpha value is -1.55. The van der Waals surface area contributed by atoms with E-state index in [1.807, 2.05) is 18.2 Å². The number of hydrogen-bond donors (Lipinski definition) is 1. The fraction of sp³-hybridized carbons (Fsp3) is 0.611. The summed E-state index contributed by atoms with van der Waals surface area (Å²) in [6.07, 6.45) is 1.04. The monoisotopic (exact) mass is 306 g/mol. The predicted octanol–water partition coefficient (Wildman–Crippen LogP) is 3.02. The molecule has 4 nitrogen and oxygen atoms in total. The lowest BCUT2D eigenvalue weighted by molar-refractivity contribution is -0.133. The van der Waals surface area contributed by atoms with Gasteiger partial charge in [-0.1, -0.05) is 45.9 Å². The molecule has 0 radical (unpaired) electrons. The topological polar surface area (TPSA) is 55.6 Å². The Morgan fingerprint density at radius 1 is 1.36 bits per heavy atom. The molecule has 1 rings (SSSR count). The average molecular weight is 306 g/mol. The van der Waals surface area contributed by atoms with Crippen molar-refractivity contribution in [3.05, 3.63) is 29.8 Å².